The molecule has 0 unspecified atom stereocenters. The highest BCUT2D eigenvalue weighted by Crippen LogP contribution is 2.04. The lowest BCUT2D eigenvalue weighted by molar-refractivity contribution is -0.385. The molecule has 0 aliphatic carbocycles. The quantitative estimate of drug-likeness (QED) is 0.417. The van der Waals surface area contributed by atoms with Gasteiger partial charge in [0.2, 0.25) is 0 Å². The molecule has 0 aromatic carbocycles. The average molecular weight is 143 g/mol. The van der Waals surface area contributed by atoms with Crippen LogP contribution in [0.3, 0.4) is 0 Å². The van der Waals surface area contributed by atoms with Crippen molar-refractivity contribution >= 4 is 5.69 Å². The molecule has 0 bridgehead atoms. The van der Waals surface area contributed by atoms with Crippen molar-refractivity contribution in [3.8, 4) is 0 Å². The van der Waals surface area contributed by atoms with Gasteiger partial charge in [0, 0.05) is 12.3 Å². The minimum Gasteiger partial charge on any atom is -0.412 e. The summed E-state index contributed by atoms with van der Waals surface area (Å²) in [5.74, 6) is 0. The summed E-state index contributed by atoms with van der Waals surface area (Å²) in [7, 11) is 0. The average Bonchev–Trinajstić information content (AvgIpc) is 1.90. The van der Waals surface area contributed by atoms with Gasteiger partial charge < -0.3 is 5.48 Å². The molecule has 1 aromatic heterocycles. The molecule has 0 saturated carbocycles. The van der Waals surface area contributed by atoms with Gasteiger partial charge in [0.25, 0.3) is 5.69 Å². The monoisotopic (exact) mass is 143 g/mol. The van der Waals surface area contributed by atoms with Crippen LogP contribution in [0, 0.1) is 10.1 Å². The molecule has 0 saturated heterocycles. The zero-order valence-corrected chi connectivity index (χ0v) is 5.02. The first-order chi connectivity index (χ1) is 4.30. The summed E-state index contributed by atoms with van der Waals surface area (Å²) in [4.78, 5) is 13.1. The Labute approximate surface area is 58.3 Å². The van der Waals surface area contributed by atoms with Gasteiger partial charge in [0.1, 0.15) is 6.20 Å². The van der Waals surface area contributed by atoms with E-state index in [2.05, 4.69) is 4.98 Å². The third kappa shape index (κ3) is 1.79. The van der Waals surface area contributed by atoms with E-state index in [4.69, 9.17) is 0 Å². The Kier molecular flexibility index (Phi) is 2.99. The number of pyridine rings is 1. The van der Waals surface area contributed by atoms with E-state index in [1.807, 2.05) is 0 Å². The van der Waals surface area contributed by atoms with Gasteiger partial charge in [-0.3, -0.25) is 15.1 Å². The van der Waals surface area contributed by atoms with Crippen molar-refractivity contribution in [3.05, 3.63) is 34.6 Å². The first-order valence-corrected chi connectivity index (χ1v) is 2.35. The molecule has 10 heavy (non-hydrogen) atoms. The van der Waals surface area contributed by atoms with Crippen molar-refractivity contribution < 1.29 is 11.8 Å². The normalized spacial score (nSPS) is 8.00. The minimum absolute atomic E-state index is 0. The van der Waals surface area contributed by atoms with Crippen LogP contribution in [-0.4, -0.2) is 15.4 Å². The van der Waals surface area contributed by atoms with Gasteiger partial charge in [-0.2, -0.15) is 0 Å². The van der Waals surface area contributed by atoms with E-state index in [-0.39, 0.29) is 12.6 Å². The van der Waals surface area contributed by atoms with Crippen LogP contribution in [0.5, 0.6) is 0 Å². The van der Waals surface area contributed by atoms with Crippen LogP contribution in [0.25, 0.3) is 0 Å². The zero-order chi connectivity index (χ0) is 6.69. The molecule has 1 aromatic rings. The van der Waals surface area contributed by atoms with Crippen LogP contribution >= 0.6 is 0 Å². The zero-order valence-electron chi connectivity index (χ0n) is 6.02. The van der Waals surface area contributed by atoms with Crippen molar-refractivity contribution in [1.82, 2.24) is 4.98 Å². The van der Waals surface area contributed by atoms with Crippen LogP contribution in [0.15, 0.2) is 24.5 Å². The van der Waals surface area contributed by atoms with Crippen molar-refractivity contribution in [2.45, 2.75) is 0 Å². The van der Waals surface area contributed by atoms with Crippen molar-refractivity contribution in [2.24, 2.45) is 0 Å². The molecule has 0 spiro atoms. The topological polar surface area (TPSA) is 87.5 Å². The highest BCUT2D eigenvalue weighted by molar-refractivity contribution is 5.23. The van der Waals surface area contributed by atoms with E-state index in [0.717, 1.165) is 0 Å². The summed E-state index contributed by atoms with van der Waals surface area (Å²) in [5.41, 5.74) is 0.0255. The first-order valence-electron chi connectivity index (χ1n) is 2.35. The summed E-state index contributed by atoms with van der Waals surface area (Å²) in [6.07, 6.45) is 2.70. The summed E-state index contributed by atoms with van der Waals surface area (Å²) < 4.78 is 0. The lowest BCUT2D eigenvalue weighted by atomic mass is 10.4. The van der Waals surface area contributed by atoms with E-state index in [1.165, 1.54) is 24.5 Å². The van der Waals surface area contributed by atoms with Crippen LogP contribution in [0.4, 0.5) is 5.69 Å². The molecule has 0 aliphatic heterocycles. The molecule has 0 atom stereocenters. The molecule has 1 heterocycles. The molecule has 2 N–H and O–H groups in total. The molecule has 0 amide bonds. The second-order valence-corrected chi connectivity index (χ2v) is 1.47. The molecule has 0 fully saturated rings. The molecule has 0 radical (unpaired) electrons. The Bertz CT molecular complexity index is 216. The maximum absolute atomic E-state index is 9.97. The maximum Gasteiger partial charge on any atom is 1.00 e. The van der Waals surface area contributed by atoms with Crippen LogP contribution in [0.2, 0.25) is 0 Å². The summed E-state index contributed by atoms with van der Waals surface area (Å²) >= 11 is 0. The molecule has 54 valence electrons. The van der Waals surface area contributed by atoms with Gasteiger partial charge in [-0.1, -0.05) is 0 Å². The maximum atomic E-state index is 9.97. The minimum atomic E-state index is -0.479. The highest BCUT2D eigenvalue weighted by Gasteiger charge is 1.99. The fourth-order valence-electron chi connectivity index (χ4n) is 0.462. The van der Waals surface area contributed by atoms with Crippen LogP contribution in [-0.2, 0) is 0 Å². The Morgan fingerprint density at radius 2 is 2.40 bits per heavy atom. The predicted molar refractivity (Wildman–Crippen MR) is 35.6 cm³/mol. The standard InChI is InChI=1S/C5H4N2O2.H2O/c8-7(9)5-2-1-3-6-4-5;/h1-4H;1H2/p+1. The van der Waals surface area contributed by atoms with E-state index < -0.39 is 4.92 Å². The molecule has 1 rings (SSSR count). The Morgan fingerprint density at radius 1 is 1.70 bits per heavy atom. The van der Waals surface area contributed by atoms with E-state index in [1.54, 1.807) is 0 Å². The fourth-order valence-corrected chi connectivity index (χ4v) is 0.462. The summed E-state index contributed by atoms with van der Waals surface area (Å²) in [5, 5.41) is 9.97. The third-order valence-electron chi connectivity index (χ3n) is 0.857. The van der Waals surface area contributed by atoms with Gasteiger partial charge >= 0.3 is 1.43 Å². The van der Waals surface area contributed by atoms with E-state index in [9.17, 15) is 10.1 Å². The second kappa shape index (κ2) is 3.52. The van der Waals surface area contributed by atoms with Gasteiger partial charge in [0.15, 0.2) is 0 Å². The van der Waals surface area contributed by atoms with Gasteiger partial charge in [-0.25, -0.2) is 0 Å². The van der Waals surface area contributed by atoms with E-state index in [0.29, 0.717) is 0 Å². The summed E-state index contributed by atoms with van der Waals surface area (Å²) in [6, 6.07) is 2.92. The van der Waals surface area contributed by atoms with Crippen LogP contribution in [0.1, 0.15) is 1.43 Å². The molecule has 5 nitrogen and oxygen atoms in total. The third-order valence-corrected chi connectivity index (χ3v) is 0.857. The number of nitrogens with zero attached hydrogens (tertiary/aromatic N) is 2. The Morgan fingerprint density at radius 3 is 2.70 bits per heavy atom. The van der Waals surface area contributed by atoms with Gasteiger partial charge in [0.05, 0.1) is 4.92 Å². The van der Waals surface area contributed by atoms with Crippen LogP contribution < -0.4 is 0 Å². The van der Waals surface area contributed by atoms with Crippen molar-refractivity contribution in [2.75, 3.05) is 0 Å². The fraction of sp³-hybridized carbons (Fsp3) is 0. The van der Waals surface area contributed by atoms with Crippen molar-refractivity contribution in [3.63, 3.8) is 0 Å². The second-order valence-electron chi connectivity index (χ2n) is 1.47. The number of hydrogen-bond donors (Lipinski definition) is 0. The number of aromatic nitrogens is 1. The Hall–Kier alpha value is -1.49. The molecule has 0 aliphatic rings. The largest absolute Gasteiger partial charge is 1.00 e. The highest BCUT2D eigenvalue weighted by atomic mass is 16.6. The lowest BCUT2D eigenvalue weighted by Crippen LogP contribution is -1.86. The lowest BCUT2D eigenvalue weighted by Gasteiger charge is -1.84. The summed E-state index contributed by atoms with van der Waals surface area (Å²) in [6.45, 7) is 0. The SMILES string of the molecule is O.O=[N+]([O-])c1cccnc1.[H+]. The predicted octanol–water partition coefficient (Wildman–Crippen LogP) is 0.278. The number of hydrogen-bond acceptors (Lipinski definition) is 3. The number of nitro groups is 1. The molecular formula is C5H7N2O3+. The Balaban J connectivity index is 0. The number of rotatable bonds is 1. The molecular weight excluding hydrogens is 136 g/mol. The van der Waals surface area contributed by atoms with E-state index >= 15 is 0 Å². The smallest absolute Gasteiger partial charge is 0.412 e. The molecule has 5 heteroatoms. The van der Waals surface area contributed by atoms with Gasteiger partial charge in [-0.05, 0) is 6.07 Å². The van der Waals surface area contributed by atoms with Crippen molar-refractivity contribution in [1.29, 1.82) is 0 Å². The van der Waals surface area contributed by atoms with Gasteiger partial charge in [-0.15, -0.1) is 0 Å². The first kappa shape index (κ1) is 8.51.